The van der Waals surface area contributed by atoms with Crippen molar-refractivity contribution in [2.24, 2.45) is 0 Å². The number of para-hydroxylation sites is 1. The Kier molecular flexibility index (Phi) is 9.26. The van der Waals surface area contributed by atoms with Gasteiger partial charge in [-0.3, -0.25) is 9.59 Å². The summed E-state index contributed by atoms with van der Waals surface area (Å²) in [4.78, 5) is 39.9. The Labute approximate surface area is 214 Å². The molecule has 5 N–H and O–H groups in total. The van der Waals surface area contributed by atoms with E-state index in [1.54, 1.807) is 7.11 Å². The van der Waals surface area contributed by atoms with Crippen molar-refractivity contribution >= 4 is 33.7 Å². The third kappa shape index (κ3) is 7.67. The first-order valence-electron chi connectivity index (χ1n) is 11.6. The van der Waals surface area contributed by atoms with E-state index in [-0.39, 0.29) is 12.0 Å². The van der Waals surface area contributed by atoms with Gasteiger partial charge in [0.15, 0.2) is 0 Å². The highest BCUT2D eigenvalue weighted by molar-refractivity contribution is 5.89. The molecule has 0 saturated heterocycles. The molecule has 0 saturated carbocycles. The zero-order valence-corrected chi connectivity index (χ0v) is 20.4. The van der Waals surface area contributed by atoms with E-state index >= 15 is 0 Å². The Morgan fingerprint density at radius 2 is 1.63 bits per heavy atom. The number of hydrogen-bond donors (Lipinski definition) is 5. The van der Waals surface area contributed by atoms with Gasteiger partial charge in [0.25, 0.3) is 5.56 Å². The van der Waals surface area contributed by atoms with Crippen LogP contribution in [0.4, 0.5) is 13.2 Å². The van der Waals surface area contributed by atoms with Crippen molar-refractivity contribution < 1.29 is 42.6 Å². The summed E-state index contributed by atoms with van der Waals surface area (Å²) < 4.78 is 36.9. The van der Waals surface area contributed by atoms with E-state index in [1.165, 1.54) is 0 Å². The lowest BCUT2D eigenvalue weighted by molar-refractivity contribution is -0.913. The Bertz CT molecular complexity index is 1480. The van der Waals surface area contributed by atoms with Crippen LogP contribution in [-0.4, -0.2) is 65.1 Å². The van der Waals surface area contributed by atoms with Crippen LogP contribution in [0.5, 0.6) is 0 Å². The standard InChI is InChI=1S/C24H25N3O4.C2HF3O2/c1-31-11-10-27(9-8-23(28)29)15-16-6-7-21-18(12-16)14-22(25-21)19-13-17-4-2-3-5-20(17)26-24(19)30;3-2(4,5)1(6)7/h2-7,12-14,25H,8-11,15H2,1H3,(H,26,30)(H,28,29);(H,6,7)/p+1. The molecule has 4 rings (SSSR count). The molecule has 12 heteroatoms. The van der Waals surface area contributed by atoms with Crippen molar-refractivity contribution in [3.8, 4) is 11.3 Å². The minimum Gasteiger partial charge on any atom is -0.481 e. The lowest BCUT2D eigenvalue weighted by atomic mass is 10.1. The number of H-pyrrole nitrogens is 2. The lowest BCUT2D eigenvalue weighted by Crippen LogP contribution is -3.11. The molecule has 202 valence electrons. The number of aromatic amines is 2. The van der Waals surface area contributed by atoms with Gasteiger partial charge in [0.05, 0.1) is 30.8 Å². The van der Waals surface area contributed by atoms with Gasteiger partial charge in [0.1, 0.15) is 13.1 Å². The molecule has 0 aliphatic carbocycles. The molecule has 0 aliphatic heterocycles. The molecule has 4 aromatic rings. The first-order chi connectivity index (χ1) is 18.0. The molecule has 0 bridgehead atoms. The van der Waals surface area contributed by atoms with Crippen molar-refractivity contribution in [1.82, 2.24) is 9.97 Å². The van der Waals surface area contributed by atoms with Gasteiger partial charge < -0.3 is 29.8 Å². The Hall–Kier alpha value is -4.16. The second-order valence-electron chi connectivity index (χ2n) is 8.57. The van der Waals surface area contributed by atoms with Crippen LogP contribution in [0, 0.1) is 0 Å². The fraction of sp³-hybridized carbons (Fsp3) is 0.269. The van der Waals surface area contributed by atoms with E-state index in [9.17, 15) is 22.8 Å². The normalized spacial score (nSPS) is 12.2. The second-order valence-corrected chi connectivity index (χ2v) is 8.57. The van der Waals surface area contributed by atoms with Gasteiger partial charge >= 0.3 is 18.1 Å². The maximum Gasteiger partial charge on any atom is 0.490 e. The monoisotopic (exact) mass is 534 g/mol. The van der Waals surface area contributed by atoms with Crippen LogP contribution in [0.15, 0.2) is 59.4 Å². The van der Waals surface area contributed by atoms with Crippen LogP contribution in [-0.2, 0) is 20.9 Å². The third-order valence-electron chi connectivity index (χ3n) is 5.78. The van der Waals surface area contributed by atoms with Gasteiger partial charge in [-0.25, -0.2) is 4.79 Å². The van der Waals surface area contributed by atoms with Gasteiger partial charge in [0.2, 0.25) is 0 Å². The Morgan fingerprint density at radius 3 is 2.29 bits per heavy atom. The van der Waals surface area contributed by atoms with E-state index in [4.69, 9.17) is 19.7 Å². The molecule has 1 unspecified atom stereocenters. The minimum absolute atomic E-state index is 0.125. The molecule has 0 aliphatic rings. The summed E-state index contributed by atoms with van der Waals surface area (Å²) in [6.45, 7) is 2.58. The number of carbonyl (C=O) groups is 2. The maximum absolute atomic E-state index is 12.6. The zero-order chi connectivity index (χ0) is 27.9. The van der Waals surface area contributed by atoms with Crippen LogP contribution in [0.25, 0.3) is 33.1 Å². The molecule has 1 atom stereocenters. The summed E-state index contributed by atoms with van der Waals surface area (Å²) in [5.74, 6) is -3.55. The number of halogens is 3. The number of rotatable bonds is 9. The fourth-order valence-corrected chi connectivity index (χ4v) is 3.91. The molecule has 9 nitrogen and oxygen atoms in total. The lowest BCUT2D eigenvalue weighted by Gasteiger charge is -2.18. The quantitative estimate of drug-likeness (QED) is 0.224. The van der Waals surface area contributed by atoms with Crippen molar-refractivity contribution in [2.75, 3.05) is 26.8 Å². The van der Waals surface area contributed by atoms with Crippen LogP contribution < -0.4 is 10.5 Å². The number of nitrogens with one attached hydrogen (secondary N) is 3. The predicted octanol–water partition coefficient (Wildman–Crippen LogP) is 2.82. The smallest absolute Gasteiger partial charge is 0.481 e. The number of alkyl halides is 3. The van der Waals surface area contributed by atoms with Crippen molar-refractivity contribution in [1.29, 1.82) is 0 Å². The van der Waals surface area contributed by atoms with Crippen LogP contribution >= 0.6 is 0 Å². The second kappa shape index (κ2) is 12.4. The van der Waals surface area contributed by atoms with Crippen LogP contribution in [0.1, 0.15) is 12.0 Å². The predicted molar refractivity (Wildman–Crippen MR) is 134 cm³/mol. The number of carboxylic acid groups (broad SMARTS) is 2. The Balaban J connectivity index is 0.000000505. The molecule has 0 fully saturated rings. The SMILES string of the molecule is COCC[NH+](CCC(=O)O)Cc1ccc2[nH]c(-c3cc4ccccc4[nH]c3=O)cc2c1.O=C(O)C(F)(F)F. The summed E-state index contributed by atoms with van der Waals surface area (Å²) in [5, 5.41) is 18.1. The number of aliphatic carboxylic acids is 2. The zero-order valence-electron chi connectivity index (χ0n) is 20.4. The number of fused-ring (bicyclic) bond motifs is 2. The number of methoxy groups -OCH3 is 1. The molecule has 0 radical (unpaired) electrons. The number of quaternary nitrogens is 1. The van der Waals surface area contributed by atoms with Gasteiger partial charge in [-0.2, -0.15) is 13.2 Å². The minimum atomic E-state index is -5.08. The van der Waals surface area contributed by atoms with Crippen LogP contribution in [0.2, 0.25) is 0 Å². The van der Waals surface area contributed by atoms with Crippen molar-refractivity contribution in [3.63, 3.8) is 0 Å². The summed E-state index contributed by atoms with van der Waals surface area (Å²) in [6, 6.07) is 17.8. The largest absolute Gasteiger partial charge is 0.490 e. The van der Waals surface area contributed by atoms with E-state index in [0.717, 1.165) is 44.5 Å². The van der Waals surface area contributed by atoms with Gasteiger partial charge in [-0.15, -0.1) is 0 Å². The van der Waals surface area contributed by atoms with Crippen molar-refractivity contribution in [3.05, 3.63) is 70.5 Å². The van der Waals surface area contributed by atoms with Gasteiger partial charge in [0, 0.05) is 29.1 Å². The highest BCUT2D eigenvalue weighted by Gasteiger charge is 2.38. The number of ether oxygens (including phenoxy) is 1. The molecule has 38 heavy (non-hydrogen) atoms. The molecule has 0 amide bonds. The van der Waals surface area contributed by atoms with Crippen molar-refractivity contribution in [2.45, 2.75) is 19.1 Å². The molecular formula is C26H27F3N3O6+. The summed E-state index contributed by atoms with van der Waals surface area (Å²) >= 11 is 0. The topological polar surface area (TPSA) is 137 Å². The van der Waals surface area contributed by atoms with E-state index in [0.29, 0.717) is 25.3 Å². The number of pyridine rings is 1. The summed E-state index contributed by atoms with van der Waals surface area (Å²) in [5.41, 5.74) is 4.13. The van der Waals surface area contributed by atoms with E-state index in [2.05, 4.69) is 16.0 Å². The summed E-state index contributed by atoms with van der Waals surface area (Å²) in [6.07, 6.45) is -4.96. The molecule has 2 aromatic heterocycles. The summed E-state index contributed by atoms with van der Waals surface area (Å²) in [7, 11) is 1.65. The number of carboxylic acids is 2. The third-order valence-corrected chi connectivity index (χ3v) is 5.78. The average molecular weight is 535 g/mol. The number of aromatic nitrogens is 2. The van der Waals surface area contributed by atoms with Crippen LogP contribution in [0.3, 0.4) is 0 Å². The molecule has 2 heterocycles. The maximum atomic E-state index is 12.6. The van der Waals surface area contributed by atoms with E-state index in [1.807, 2.05) is 48.5 Å². The fourth-order valence-electron chi connectivity index (χ4n) is 3.91. The highest BCUT2D eigenvalue weighted by atomic mass is 19.4. The number of hydrogen-bond acceptors (Lipinski definition) is 4. The first-order valence-corrected chi connectivity index (χ1v) is 11.6. The van der Waals surface area contributed by atoms with E-state index < -0.39 is 18.1 Å². The van der Waals surface area contributed by atoms with Gasteiger partial charge in [-0.1, -0.05) is 24.3 Å². The molecule has 0 spiro atoms. The van der Waals surface area contributed by atoms with Gasteiger partial charge in [-0.05, 0) is 35.7 Å². The first kappa shape index (κ1) is 28.4. The highest BCUT2D eigenvalue weighted by Crippen LogP contribution is 2.24. The number of benzene rings is 2. The Morgan fingerprint density at radius 1 is 0.947 bits per heavy atom. The average Bonchev–Trinajstić information content (AvgIpc) is 3.28. The molecular weight excluding hydrogens is 507 g/mol. The molecule has 2 aromatic carbocycles.